The largest absolute Gasteiger partial charge is 0.449 e. The molecule has 3 unspecified atom stereocenters. The molecule has 1 aliphatic rings. The number of aliphatic hydroxyl groups excluding tert-OH is 1. The lowest BCUT2D eigenvalue weighted by atomic mass is 9.70. The summed E-state index contributed by atoms with van der Waals surface area (Å²) in [5.41, 5.74) is 1.80. The number of nitriles is 1. The Labute approximate surface area is 186 Å². The van der Waals surface area contributed by atoms with Crippen LogP contribution in [0.3, 0.4) is 0 Å². The summed E-state index contributed by atoms with van der Waals surface area (Å²) in [7, 11) is 0. The number of benzene rings is 2. The molecular weight excluding hydrogens is 417 g/mol. The minimum Gasteiger partial charge on any atom is -0.393 e. The fourth-order valence-electron chi connectivity index (χ4n) is 4.73. The maximum Gasteiger partial charge on any atom is 0.449 e. The van der Waals surface area contributed by atoms with Gasteiger partial charge >= 0.3 is 6.18 Å². The van der Waals surface area contributed by atoms with Gasteiger partial charge in [-0.15, -0.1) is 0 Å². The number of carbonyl (C=O) groups excluding carboxylic acids is 1. The lowest BCUT2D eigenvalue weighted by molar-refractivity contribution is -0.172. The van der Waals surface area contributed by atoms with Crippen molar-refractivity contribution in [1.29, 1.82) is 5.26 Å². The normalized spacial score (nSPS) is 23.2. The molecule has 1 fully saturated rings. The molecule has 1 saturated carbocycles. The van der Waals surface area contributed by atoms with Gasteiger partial charge in [-0.05, 0) is 55.4 Å². The Morgan fingerprint density at radius 3 is 2.50 bits per heavy atom. The van der Waals surface area contributed by atoms with Gasteiger partial charge in [-0.2, -0.15) is 18.4 Å². The van der Waals surface area contributed by atoms with E-state index in [9.17, 15) is 28.3 Å². The quantitative estimate of drug-likeness (QED) is 0.627. The number of alkyl halides is 3. The van der Waals surface area contributed by atoms with Gasteiger partial charge in [0.1, 0.15) is 0 Å². The number of halogens is 3. The zero-order chi connectivity index (χ0) is 23.3. The molecule has 2 aromatic rings. The number of Topliss-reactive ketones (excluding diaryl/α,β-unsaturated/α-hetero) is 1. The fraction of sp³-hybridized carbons (Fsp3) is 0.440. The van der Waals surface area contributed by atoms with Crippen LogP contribution in [0.25, 0.3) is 0 Å². The van der Waals surface area contributed by atoms with Crippen molar-refractivity contribution in [3.8, 4) is 6.07 Å². The second-order valence-corrected chi connectivity index (χ2v) is 8.45. The highest BCUT2D eigenvalue weighted by Gasteiger charge is 2.45. The van der Waals surface area contributed by atoms with E-state index < -0.39 is 36.3 Å². The molecule has 1 aliphatic carbocycles. The van der Waals surface area contributed by atoms with Gasteiger partial charge in [0, 0.05) is 24.4 Å². The molecule has 32 heavy (non-hydrogen) atoms. The van der Waals surface area contributed by atoms with E-state index in [1.165, 1.54) is 6.07 Å². The zero-order valence-electron chi connectivity index (χ0n) is 17.8. The van der Waals surface area contributed by atoms with E-state index in [1.807, 2.05) is 43.3 Å². The van der Waals surface area contributed by atoms with E-state index in [1.54, 1.807) is 18.2 Å². The van der Waals surface area contributed by atoms with Crippen LogP contribution in [0.15, 0.2) is 54.6 Å². The molecule has 0 heterocycles. The molecule has 170 valence electrons. The number of hydrogen-bond acceptors (Lipinski definition) is 4. The van der Waals surface area contributed by atoms with E-state index in [0.717, 1.165) is 12.0 Å². The third-order valence-electron chi connectivity index (χ3n) is 6.32. The molecular formula is C25H27F3N2O2. The van der Waals surface area contributed by atoms with E-state index in [0.29, 0.717) is 24.0 Å². The summed E-state index contributed by atoms with van der Waals surface area (Å²) < 4.78 is 39.6. The summed E-state index contributed by atoms with van der Waals surface area (Å²) in [6.45, 7) is 1.97. The molecule has 3 rings (SSSR count). The smallest absolute Gasteiger partial charge is 0.393 e. The van der Waals surface area contributed by atoms with Crippen LogP contribution in [0.2, 0.25) is 0 Å². The third-order valence-corrected chi connectivity index (χ3v) is 6.32. The van der Waals surface area contributed by atoms with Gasteiger partial charge in [-0.25, -0.2) is 0 Å². The number of hydrogen-bond donors (Lipinski definition) is 2. The molecule has 0 aliphatic heterocycles. The summed E-state index contributed by atoms with van der Waals surface area (Å²) in [5, 5.41) is 23.6. The van der Waals surface area contributed by atoms with E-state index in [2.05, 4.69) is 5.32 Å². The van der Waals surface area contributed by atoms with Gasteiger partial charge in [0.15, 0.2) is 0 Å². The minimum atomic E-state index is -4.95. The Hall–Kier alpha value is -2.69. The standard InChI is InChI=1S/C25H27F3N2O2/c1-16(18-8-3-2-4-9-18)30-21-11-6-12-22(31)24(21)20(14-23(32)25(26,27)28)19-10-5-7-17(13-19)15-29/h2-5,7-10,13,16,20-22,24,30-31H,6,11-12,14H2,1H3/t16-,20+,21?,22?,24?/m1/s1. The van der Waals surface area contributed by atoms with Crippen LogP contribution >= 0.6 is 0 Å². The number of rotatable bonds is 7. The summed E-state index contributed by atoms with van der Waals surface area (Å²) in [4.78, 5) is 12.0. The van der Waals surface area contributed by atoms with Crippen molar-refractivity contribution >= 4 is 5.78 Å². The average molecular weight is 444 g/mol. The van der Waals surface area contributed by atoms with Crippen molar-refractivity contribution in [2.24, 2.45) is 5.92 Å². The highest BCUT2D eigenvalue weighted by atomic mass is 19.4. The van der Waals surface area contributed by atoms with Crippen LogP contribution in [0.4, 0.5) is 13.2 Å². The molecule has 0 aromatic heterocycles. The molecule has 2 aromatic carbocycles. The molecule has 0 spiro atoms. The van der Waals surface area contributed by atoms with Gasteiger partial charge in [0.25, 0.3) is 0 Å². The van der Waals surface area contributed by atoms with Crippen LogP contribution in [-0.4, -0.2) is 29.2 Å². The third kappa shape index (κ3) is 5.76. The van der Waals surface area contributed by atoms with Crippen molar-refractivity contribution in [2.45, 2.75) is 62.9 Å². The molecule has 5 atom stereocenters. The number of nitrogens with zero attached hydrogens (tertiary/aromatic N) is 1. The first kappa shape index (κ1) is 24.0. The Morgan fingerprint density at radius 1 is 1.16 bits per heavy atom. The lowest BCUT2D eigenvalue weighted by Gasteiger charge is -2.42. The first-order valence-electron chi connectivity index (χ1n) is 10.8. The van der Waals surface area contributed by atoms with Crippen molar-refractivity contribution < 1.29 is 23.1 Å². The number of aliphatic hydroxyl groups is 1. The SMILES string of the molecule is C[C@@H](NC1CCCC(O)C1[C@@H](CC(=O)C(F)(F)F)c1cccc(C#N)c1)c1ccccc1. The highest BCUT2D eigenvalue weighted by molar-refractivity contribution is 5.84. The predicted molar refractivity (Wildman–Crippen MR) is 115 cm³/mol. The van der Waals surface area contributed by atoms with Crippen LogP contribution in [-0.2, 0) is 4.79 Å². The van der Waals surface area contributed by atoms with Gasteiger partial charge in [-0.1, -0.05) is 42.5 Å². The number of ketones is 1. The maximum atomic E-state index is 13.2. The summed E-state index contributed by atoms with van der Waals surface area (Å²) in [5.74, 6) is -3.29. The Morgan fingerprint density at radius 2 is 1.84 bits per heavy atom. The van der Waals surface area contributed by atoms with Gasteiger partial charge in [-0.3, -0.25) is 4.79 Å². The van der Waals surface area contributed by atoms with E-state index in [4.69, 9.17) is 0 Å². The number of nitrogens with one attached hydrogen (secondary N) is 1. The Bertz CT molecular complexity index is 956. The summed E-state index contributed by atoms with van der Waals surface area (Å²) >= 11 is 0. The summed E-state index contributed by atoms with van der Waals surface area (Å²) in [6, 6.07) is 17.6. The molecule has 2 N–H and O–H groups in total. The molecule has 0 bridgehead atoms. The average Bonchev–Trinajstić information content (AvgIpc) is 2.78. The van der Waals surface area contributed by atoms with Crippen molar-refractivity contribution in [3.05, 3.63) is 71.3 Å². The highest BCUT2D eigenvalue weighted by Crippen LogP contribution is 2.41. The second kappa shape index (κ2) is 10.3. The first-order valence-corrected chi connectivity index (χ1v) is 10.8. The zero-order valence-corrected chi connectivity index (χ0v) is 17.8. The molecule has 0 radical (unpaired) electrons. The van der Waals surface area contributed by atoms with Gasteiger partial charge < -0.3 is 10.4 Å². The fourth-order valence-corrected chi connectivity index (χ4v) is 4.73. The summed E-state index contributed by atoms with van der Waals surface area (Å²) in [6.07, 6.45) is -4.72. The van der Waals surface area contributed by atoms with Crippen LogP contribution in [0.5, 0.6) is 0 Å². The van der Waals surface area contributed by atoms with Gasteiger partial charge in [0.2, 0.25) is 5.78 Å². The molecule has 0 saturated heterocycles. The van der Waals surface area contributed by atoms with Crippen LogP contribution in [0, 0.1) is 17.2 Å². The molecule has 7 heteroatoms. The van der Waals surface area contributed by atoms with Crippen LogP contribution < -0.4 is 5.32 Å². The van der Waals surface area contributed by atoms with Crippen molar-refractivity contribution in [3.63, 3.8) is 0 Å². The lowest BCUT2D eigenvalue weighted by Crippen LogP contribution is -2.49. The Balaban J connectivity index is 1.96. The Kier molecular flexibility index (Phi) is 7.70. The topological polar surface area (TPSA) is 73.1 Å². The molecule has 4 nitrogen and oxygen atoms in total. The maximum absolute atomic E-state index is 13.2. The first-order chi connectivity index (χ1) is 15.2. The van der Waals surface area contributed by atoms with E-state index in [-0.39, 0.29) is 12.1 Å². The van der Waals surface area contributed by atoms with Crippen molar-refractivity contribution in [2.75, 3.05) is 0 Å². The van der Waals surface area contributed by atoms with Crippen LogP contribution in [0.1, 0.15) is 61.3 Å². The van der Waals surface area contributed by atoms with Gasteiger partial charge in [0.05, 0.1) is 17.7 Å². The second-order valence-electron chi connectivity index (χ2n) is 8.45. The molecule has 0 amide bonds. The monoisotopic (exact) mass is 444 g/mol. The van der Waals surface area contributed by atoms with E-state index >= 15 is 0 Å². The predicted octanol–water partition coefficient (Wildman–Crippen LogP) is 5.04. The minimum absolute atomic E-state index is 0.0848. The number of carbonyl (C=O) groups is 1. The van der Waals surface area contributed by atoms with Crippen molar-refractivity contribution in [1.82, 2.24) is 5.32 Å².